The number of nitrogens with zero attached hydrogens (tertiary/aromatic N) is 1. The molecule has 0 aromatic heterocycles. The first kappa shape index (κ1) is 12.4. The van der Waals surface area contributed by atoms with E-state index in [0.717, 1.165) is 0 Å². The van der Waals surface area contributed by atoms with Crippen molar-refractivity contribution >= 4 is 0 Å². The average Bonchev–Trinajstić information content (AvgIpc) is 2.15. The monoisotopic (exact) mass is 186 g/mol. The molecule has 0 saturated heterocycles. The molecule has 0 heterocycles. The molecule has 13 heavy (non-hydrogen) atoms. The number of aliphatic hydroxyl groups excluding tert-OH is 1. The second-order valence-corrected chi connectivity index (χ2v) is 3.19. The first-order chi connectivity index (χ1) is 6.18. The molecule has 0 amide bonds. The second-order valence-electron chi connectivity index (χ2n) is 3.19. The maximum Gasteiger partial charge on any atom is 0.106 e. The van der Waals surface area contributed by atoms with Crippen molar-refractivity contribution in [2.75, 3.05) is 26.9 Å². The van der Waals surface area contributed by atoms with Crippen molar-refractivity contribution in [1.29, 1.82) is 5.26 Å². The van der Waals surface area contributed by atoms with Gasteiger partial charge in [0.25, 0.3) is 0 Å². The Morgan fingerprint density at radius 1 is 1.62 bits per heavy atom. The summed E-state index contributed by atoms with van der Waals surface area (Å²) < 4.78 is 4.91. The van der Waals surface area contributed by atoms with Crippen LogP contribution in [-0.4, -0.2) is 37.5 Å². The summed E-state index contributed by atoms with van der Waals surface area (Å²) in [4.78, 5) is 0. The van der Waals surface area contributed by atoms with Crippen LogP contribution in [0.4, 0.5) is 0 Å². The Labute approximate surface area is 79.5 Å². The van der Waals surface area contributed by atoms with Gasteiger partial charge in [-0.3, -0.25) is 5.32 Å². The van der Waals surface area contributed by atoms with Crippen LogP contribution >= 0.6 is 0 Å². The molecule has 0 saturated carbocycles. The lowest BCUT2D eigenvalue weighted by molar-refractivity contribution is 0.172. The van der Waals surface area contributed by atoms with Gasteiger partial charge in [0.05, 0.1) is 6.07 Å². The summed E-state index contributed by atoms with van der Waals surface area (Å²) in [7, 11) is 1.62. The van der Waals surface area contributed by atoms with Gasteiger partial charge in [-0.1, -0.05) is 0 Å². The standard InChI is InChI=1S/C9H18N2O2/c1-9(8-10,4-7-13-2)11-5-3-6-12/h11-12H,3-7H2,1-2H3. The van der Waals surface area contributed by atoms with Gasteiger partial charge < -0.3 is 9.84 Å². The van der Waals surface area contributed by atoms with Crippen molar-refractivity contribution in [1.82, 2.24) is 5.32 Å². The summed E-state index contributed by atoms with van der Waals surface area (Å²) in [5.74, 6) is 0. The number of hydrogen-bond donors (Lipinski definition) is 2. The van der Waals surface area contributed by atoms with Crippen molar-refractivity contribution < 1.29 is 9.84 Å². The molecule has 4 nitrogen and oxygen atoms in total. The number of ether oxygens (including phenoxy) is 1. The van der Waals surface area contributed by atoms with E-state index in [2.05, 4.69) is 11.4 Å². The zero-order valence-corrected chi connectivity index (χ0v) is 8.34. The molecule has 4 heteroatoms. The highest BCUT2D eigenvalue weighted by Gasteiger charge is 2.21. The molecular weight excluding hydrogens is 168 g/mol. The van der Waals surface area contributed by atoms with Crippen molar-refractivity contribution in [3.63, 3.8) is 0 Å². The molecular formula is C9H18N2O2. The van der Waals surface area contributed by atoms with Gasteiger partial charge in [-0.05, 0) is 19.9 Å². The van der Waals surface area contributed by atoms with E-state index in [1.807, 2.05) is 6.92 Å². The SMILES string of the molecule is COCCC(C)(C#N)NCCCO. The first-order valence-electron chi connectivity index (χ1n) is 4.44. The fraction of sp³-hybridized carbons (Fsp3) is 0.889. The fourth-order valence-corrected chi connectivity index (χ4v) is 0.933. The van der Waals surface area contributed by atoms with E-state index in [1.165, 1.54) is 0 Å². The Balaban J connectivity index is 3.76. The third-order valence-electron chi connectivity index (χ3n) is 1.90. The molecule has 0 rings (SSSR count). The third kappa shape index (κ3) is 5.58. The van der Waals surface area contributed by atoms with E-state index in [-0.39, 0.29) is 6.61 Å². The lowest BCUT2D eigenvalue weighted by Gasteiger charge is -2.22. The van der Waals surface area contributed by atoms with Crippen LogP contribution in [0.2, 0.25) is 0 Å². The topological polar surface area (TPSA) is 65.3 Å². The minimum atomic E-state index is -0.537. The lowest BCUT2D eigenvalue weighted by Crippen LogP contribution is -2.42. The minimum absolute atomic E-state index is 0.152. The summed E-state index contributed by atoms with van der Waals surface area (Å²) in [5, 5.41) is 20.5. The average molecular weight is 186 g/mol. The number of nitrogens with one attached hydrogen (secondary N) is 1. The van der Waals surface area contributed by atoms with Crippen LogP contribution < -0.4 is 5.32 Å². The number of methoxy groups -OCH3 is 1. The second kappa shape index (κ2) is 6.84. The number of rotatable bonds is 7. The van der Waals surface area contributed by atoms with E-state index in [4.69, 9.17) is 15.1 Å². The zero-order chi connectivity index (χ0) is 10.2. The van der Waals surface area contributed by atoms with Gasteiger partial charge >= 0.3 is 0 Å². The van der Waals surface area contributed by atoms with E-state index >= 15 is 0 Å². The molecule has 0 aromatic carbocycles. The Morgan fingerprint density at radius 3 is 2.77 bits per heavy atom. The van der Waals surface area contributed by atoms with Crippen LogP contribution in [-0.2, 0) is 4.74 Å². The normalized spacial score (nSPS) is 14.9. The third-order valence-corrected chi connectivity index (χ3v) is 1.90. The molecule has 0 aliphatic carbocycles. The fourth-order valence-electron chi connectivity index (χ4n) is 0.933. The Morgan fingerprint density at radius 2 is 2.31 bits per heavy atom. The van der Waals surface area contributed by atoms with Crippen LogP contribution in [0.1, 0.15) is 19.8 Å². The summed E-state index contributed by atoms with van der Waals surface area (Å²) in [6.07, 6.45) is 1.33. The highest BCUT2D eigenvalue weighted by molar-refractivity contribution is 5.03. The van der Waals surface area contributed by atoms with Gasteiger partial charge in [-0.25, -0.2) is 0 Å². The molecule has 0 radical (unpaired) electrons. The van der Waals surface area contributed by atoms with E-state index in [9.17, 15) is 0 Å². The minimum Gasteiger partial charge on any atom is -0.396 e. The van der Waals surface area contributed by atoms with Crippen molar-refractivity contribution in [2.45, 2.75) is 25.3 Å². The molecule has 2 N–H and O–H groups in total. The molecule has 0 aliphatic heterocycles. The zero-order valence-electron chi connectivity index (χ0n) is 8.34. The highest BCUT2D eigenvalue weighted by Crippen LogP contribution is 2.07. The van der Waals surface area contributed by atoms with Gasteiger partial charge in [0.1, 0.15) is 5.54 Å². The van der Waals surface area contributed by atoms with Gasteiger partial charge in [-0.2, -0.15) is 5.26 Å². The highest BCUT2D eigenvalue weighted by atomic mass is 16.5. The van der Waals surface area contributed by atoms with E-state index in [1.54, 1.807) is 7.11 Å². The van der Waals surface area contributed by atoms with Crippen LogP contribution in [0.5, 0.6) is 0 Å². The molecule has 0 fully saturated rings. The predicted octanol–water partition coefficient (Wildman–Crippen LogP) is 0.277. The smallest absolute Gasteiger partial charge is 0.106 e. The summed E-state index contributed by atoms with van der Waals surface area (Å²) in [6, 6.07) is 2.20. The summed E-state index contributed by atoms with van der Waals surface area (Å²) >= 11 is 0. The van der Waals surface area contributed by atoms with Crippen LogP contribution in [0.25, 0.3) is 0 Å². The van der Waals surface area contributed by atoms with Gasteiger partial charge in [0.2, 0.25) is 0 Å². The Kier molecular flexibility index (Phi) is 6.51. The molecule has 1 atom stereocenters. The lowest BCUT2D eigenvalue weighted by atomic mass is 10.0. The van der Waals surface area contributed by atoms with Crippen molar-refractivity contribution in [3.05, 3.63) is 0 Å². The van der Waals surface area contributed by atoms with E-state index in [0.29, 0.717) is 26.0 Å². The molecule has 0 aliphatic rings. The van der Waals surface area contributed by atoms with E-state index < -0.39 is 5.54 Å². The molecule has 0 aromatic rings. The van der Waals surface area contributed by atoms with Crippen molar-refractivity contribution in [2.24, 2.45) is 0 Å². The maximum absolute atomic E-state index is 8.88. The molecule has 0 bridgehead atoms. The Bertz CT molecular complexity index is 167. The summed E-state index contributed by atoms with van der Waals surface area (Å²) in [6.45, 7) is 3.21. The predicted molar refractivity (Wildman–Crippen MR) is 50.2 cm³/mol. The maximum atomic E-state index is 8.88. The van der Waals surface area contributed by atoms with Crippen molar-refractivity contribution in [3.8, 4) is 6.07 Å². The Hall–Kier alpha value is -0.630. The van der Waals surface area contributed by atoms with Crippen LogP contribution in [0, 0.1) is 11.3 Å². The molecule has 0 spiro atoms. The number of hydrogen-bond acceptors (Lipinski definition) is 4. The van der Waals surface area contributed by atoms with Gasteiger partial charge in [0.15, 0.2) is 0 Å². The molecule has 76 valence electrons. The molecule has 1 unspecified atom stereocenters. The van der Waals surface area contributed by atoms with Crippen LogP contribution in [0.15, 0.2) is 0 Å². The number of nitriles is 1. The quantitative estimate of drug-likeness (QED) is 0.560. The number of aliphatic hydroxyl groups is 1. The summed E-state index contributed by atoms with van der Waals surface area (Å²) in [5.41, 5.74) is -0.537. The van der Waals surface area contributed by atoms with Crippen LogP contribution in [0.3, 0.4) is 0 Å². The first-order valence-corrected chi connectivity index (χ1v) is 4.44. The van der Waals surface area contributed by atoms with Gasteiger partial charge in [0, 0.05) is 26.7 Å². The largest absolute Gasteiger partial charge is 0.396 e. The van der Waals surface area contributed by atoms with Gasteiger partial charge in [-0.15, -0.1) is 0 Å².